The van der Waals surface area contributed by atoms with Crippen molar-refractivity contribution in [3.05, 3.63) is 39.0 Å². The van der Waals surface area contributed by atoms with E-state index in [1.807, 2.05) is 0 Å². The molecule has 1 saturated heterocycles. The number of rotatable bonds is 4. The molecule has 0 unspecified atom stereocenters. The number of carbonyl (C=O) groups is 1. The molecule has 0 bridgehead atoms. The van der Waals surface area contributed by atoms with Gasteiger partial charge in [-0.25, -0.2) is 23.2 Å². The number of hydrogen-bond acceptors (Lipinski definition) is 9. The zero-order chi connectivity index (χ0) is 22.3. The Labute approximate surface area is 183 Å². The molecule has 1 aliphatic heterocycles. The standard InChI is InChI=1S/C18H18BrFN6O5/c1-18(2,3)29-16(27)25-7-9(8-25)21-14-13(22-31-23-14)15-24-30-17(28)26(15)10-4-5-12(20)11(19)6-10/h4-6,9H,7-8H2,1-3H3,(H,21,23). The van der Waals surface area contributed by atoms with Crippen LogP contribution in [0.4, 0.5) is 15.0 Å². The lowest BCUT2D eigenvalue weighted by molar-refractivity contribution is 0.0104. The fraction of sp³-hybridized carbons (Fsp3) is 0.389. The number of anilines is 1. The van der Waals surface area contributed by atoms with E-state index in [0.717, 1.165) is 4.57 Å². The van der Waals surface area contributed by atoms with Gasteiger partial charge < -0.3 is 15.0 Å². The van der Waals surface area contributed by atoms with E-state index in [1.54, 1.807) is 20.8 Å². The number of amides is 1. The van der Waals surface area contributed by atoms with E-state index < -0.39 is 23.3 Å². The van der Waals surface area contributed by atoms with Crippen molar-refractivity contribution in [2.75, 3.05) is 18.4 Å². The first-order valence-electron chi connectivity index (χ1n) is 9.24. The lowest BCUT2D eigenvalue weighted by atomic mass is 10.1. The van der Waals surface area contributed by atoms with Gasteiger partial charge in [0.2, 0.25) is 11.6 Å². The molecule has 0 aliphatic carbocycles. The lowest BCUT2D eigenvalue weighted by Crippen LogP contribution is -2.58. The van der Waals surface area contributed by atoms with Crippen LogP contribution in [-0.2, 0) is 4.74 Å². The number of benzene rings is 1. The largest absolute Gasteiger partial charge is 0.446 e. The van der Waals surface area contributed by atoms with Crippen LogP contribution in [-0.4, -0.2) is 55.8 Å². The topological polar surface area (TPSA) is 129 Å². The molecule has 31 heavy (non-hydrogen) atoms. The highest BCUT2D eigenvalue weighted by atomic mass is 79.9. The maximum atomic E-state index is 13.6. The molecule has 0 radical (unpaired) electrons. The molecule has 0 saturated carbocycles. The van der Waals surface area contributed by atoms with Crippen molar-refractivity contribution in [3.8, 4) is 17.2 Å². The Morgan fingerprint density at radius 1 is 1.29 bits per heavy atom. The second-order valence-corrected chi connectivity index (χ2v) is 8.75. The Bertz CT molecular complexity index is 1180. The predicted octanol–water partition coefficient (Wildman–Crippen LogP) is 2.81. The van der Waals surface area contributed by atoms with E-state index in [2.05, 4.69) is 36.7 Å². The molecule has 11 nitrogen and oxygen atoms in total. The zero-order valence-corrected chi connectivity index (χ0v) is 18.3. The van der Waals surface area contributed by atoms with Crippen LogP contribution in [0.2, 0.25) is 0 Å². The summed E-state index contributed by atoms with van der Waals surface area (Å²) in [6.45, 7) is 6.16. The van der Waals surface area contributed by atoms with Gasteiger partial charge in [-0.3, -0.25) is 4.52 Å². The molecular formula is C18H18BrFN6O5. The molecule has 13 heteroatoms. The van der Waals surface area contributed by atoms with Gasteiger partial charge in [-0.1, -0.05) is 5.16 Å². The minimum atomic E-state index is -0.790. The summed E-state index contributed by atoms with van der Waals surface area (Å²) in [6, 6.07) is 3.86. The zero-order valence-electron chi connectivity index (χ0n) is 16.8. The van der Waals surface area contributed by atoms with Gasteiger partial charge in [0.05, 0.1) is 16.2 Å². The normalized spacial score (nSPS) is 14.4. The molecule has 1 aromatic carbocycles. The lowest BCUT2D eigenvalue weighted by Gasteiger charge is -2.39. The third kappa shape index (κ3) is 4.31. The van der Waals surface area contributed by atoms with Gasteiger partial charge in [-0.05, 0) is 65.2 Å². The Hall–Kier alpha value is -3.22. The molecule has 1 fully saturated rings. The van der Waals surface area contributed by atoms with Crippen molar-refractivity contribution in [2.24, 2.45) is 0 Å². The molecule has 0 spiro atoms. The van der Waals surface area contributed by atoms with E-state index in [9.17, 15) is 14.0 Å². The van der Waals surface area contributed by atoms with Crippen LogP contribution in [0.15, 0.2) is 36.6 Å². The van der Waals surface area contributed by atoms with Crippen LogP contribution in [0, 0.1) is 5.82 Å². The number of carbonyl (C=O) groups excluding carboxylic acids is 1. The van der Waals surface area contributed by atoms with Gasteiger partial charge in [-0.2, -0.15) is 0 Å². The first-order valence-corrected chi connectivity index (χ1v) is 10.0. The highest BCUT2D eigenvalue weighted by Gasteiger charge is 2.35. The van der Waals surface area contributed by atoms with Crippen molar-refractivity contribution in [1.29, 1.82) is 0 Å². The van der Waals surface area contributed by atoms with E-state index in [4.69, 9.17) is 13.9 Å². The highest BCUT2D eigenvalue weighted by molar-refractivity contribution is 9.10. The maximum Gasteiger partial charge on any atom is 0.446 e. The third-order valence-corrected chi connectivity index (χ3v) is 4.95. The number of nitrogens with zero attached hydrogens (tertiary/aromatic N) is 5. The Kier molecular flexibility index (Phi) is 5.29. The van der Waals surface area contributed by atoms with Gasteiger partial charge in [0.25, 0.3) is 0 Å². The Morgan fingerprint density at radius 3 is 2.71 bits per heavy atom. The smallest absolute Gasteiger partial charge is 0.444 e. The molecule has 1 N–H and O–H groups in total. The van der Waals surface area contributed by atoms with Crippen LogP contribution in [0.3, 0.4) is 0 Å². The minimum absolute atomic E-state index is 0.0237. The molecule has 1 amide bonds. The van der Waals surface area contributed by atoms with Crippen molar-refractivity contribution < 1.29 is 23.1 Å². The number of halogens is 2. The SMILES string of the molecule is CC(C)(C)OC(=O)N1CC(Nc2nonc2-c2noc(=O)n2-c2ccc(F)c(Br)c2)C1. The van der Waals surface area contributed by atoms with Gasteiger partial charge in [0, 0.05) is 13.1 Å². The van der Waals surface area contributed by atoms with Gasteiger partial charge in [-0.15, -0.1) is 0 Å². The highest BCUT2D eigenvalue weighted by Crippen LogP contribution is 2.27. The molecule has 2 aromatic heterocycles. The average molecular weight is 497 g/mol. The van der Waals surface area contributed by atoms with E-state index >= 15 is 0 Å². The first kappa shape index (κ1) is 21.0. The molecule has 164 valence electrons. The van der Waals surface area contributed by atoms with Crippen LogP contribution >= 0.6 is 15.9 Å². The van der Waals surface area contributed by atoms with Crippen molar-refractivity contribution in [1.82, 2.24) is 24.9 Å². The number of hydrogen-bond donors (Lipinski definition) is 1. The molecule has 3 heterocycles. The Morgan fingerprint density at radius 2 is 2.03 bits per heavy atom. The average Bonchev–Trinajstić information content (AvgIpc) is 3.24. The van der Waals surface area contributed by atoms with Crippen LogP contribution in [0.1, 0.15) is 20.8 Å². The Balaban J connectivity index is 1.52. The molecule has 0 atom stereocenters. The van der Waals surface area contributed by atoms with Crippen LogP contribution in [0.5, 0.6) is 0 Å². The number of ether oxygens (including phenoxy) is 1. The third-order valence-electron chi connectivity index (χ3n) is 4.34. The molecule has 1 aliphatic rings. The maximum absolute atomic E-state index is 13.6. The van der Waals surface area contributed by atoms with Crippen molar-refractivity contribution >= 4 is 27.8 Å². The summed E-state index contributed by atoms with van der Waals surface area (Å²) in [5.74, 6) is -1.03. The summed E-state index contributed by atoms with van der Waals surface area (Å²) < 4.78 is 29.8. The summed E-state index contributed by atoms with van der Waals surface area (Å²) in [5, 5.41) is 14.5. The summed E-state index contributed by atoms with van der Waals surface area (Å²) in [7, 11) is 0. The van der Waals surface area contributed by atoms with Gasteiger partial charge >= 0.3 is 11.8 Å². The number of aromatic nitrogens is 4. The molecular weight excluding hydrogens is 479 g/mol. The van der Waals surface area contributed by atoms with Crippen LogP contribution in [0.25, 0.3) is 17.2 Å². The molecule has 3 aromatic rings. The monoisotopic (exact) mass is 496 g/mol. The van der Waals surface area contributed by atoms with Gasteiger partial charge in [0.15, 0.2) is 5.69 Å². The predicted molar refractivity (Wildman–Crippen MR) is 108 cm³/mol. The van der Waals surface area contributed by atoms with E-state index in [1.165, 1.54) is 23.1 Å². The number of likely N-dealkylation sites (tertiary alicyclic amines) is 1. The summed E-state index contributed by atoms with van der Waals surface area (Å²) in [5.41, 5.74) is -0.143. The van der Waals surface area contributed by atoms with Crippen LogP contribution < -0.4 is 11.1 Å². The first-order chi connectivity index (χ1) is 14.6. The van der Waals surface area contributed by atoms with E-state index in [0.29, 0.717) is 18.8 Å². The summed E-state index contributed by atoms with van der Waals surface area (Å²) in [6.07, 6.45) is -0.406. The fourth-order valence-corrected chi connectivity index (χ4v) is 3.29. The minimum Gasteiger partial charge on any atom is -0.444 e. The van der Waals surface area contributed by atoms with Crippen molar-refractivity contribution in [3.63, 3.8) is 0 Å². The van der Waals surface area contributed by atoms with Crippen molar-refractivity contribution in [2.45, 2.75) is 32.4 Å². The van der Waals surface area contributed by atoms with E-state index in [-0.39, 0.29) is 27.9 Å². The quantitative estimate of drug-likeness (QED) is 0.579. The second kappa shape index (κ2) is 7.80. The summed E-state index contributed by atoms with van der Waals surface area (Å²) >= 11 is 3.09. The molecule has 4 rings (SSSR count). The fourth-order valence-electron chi connectivity index (χ4n) is 2.92. The van der Waals surface area contributed by atoms with Gasteiger partial charge in [0.1, 0.15) is 11.4 Å². The summed E-state index contributed by atoms with van der Waals surface area (Å²) in [4.78, 5) is 25.8. The number of nitrogens with one attached hydrogen (secondary N) is 1. The second-order valence-electron chi connectivity index (χ2n) is 7.89.